The lowest BCUT2D eigenvalue weighted by molar-refractivity contribution is -0.139. The Bertz CT molecular complexity index is 1300. The van der Waals surface area contributed by atoms with Crippen LogP contribution in [0.5, 0.6) is 0 Å². The minimum atomic E-state index is -1.33. The van der Waals surface area contributed by atoms with E-state index in [0.29, 0.717) is 119 Å². The monoisotopic (exact) mass is 973 g/mol. The van der Waals surface area contributed by atoms with Crippen molar-refractivity contribution in [1.29, 1.82) is 0 Å². The van der Waals surface area contributed by atoms with Crippen molar-refractivity contribution in [3.63, 3.8) is 0 Å². The molecule has 0 unspecified atom stereocenters. The molecule has 0 aliphatic carbocycles. The number of nitrogens with two attached hydrogens (primary N) is 1. The van der Waals surface area contributed by atoms with Gasteiger partial charge in [0.1, 0.15) is 17.9 Å². The van der Waals surface area contributed by atoms with Gasteiger partial charge in [-0.15, -0.1) is 0 Å². The van der Waals surface area contributed by atoms with Crippen molar-refractivity contribution in [3.8, 4) is 0 Å². The second kappa shape index (κ2) is 47.1. The van der Waals surface area contributed by atoms with Crippen LogP contribution in [-0.4, -0.2) is 229 Å². The molecule has 0 fully saturated rings. The molecule has 7 N–H and O–H groups in total. The van der Waals surface area contributed by atoms with Crippen LogP contribution in [0.25, 0.3) is 0 Å². The van der Waals surface area contributed by atoms with Crippen LogP contribution in [0.2, 0.25) is 0 Å². The number of ketones is 1. The summed E-state index contributed by atoms with van der Waals surface area (Å²) in [6.07, 6.45) is -1.07. The standard InChI is InChI=1S/C42H76N4O21/c1-34(47)6-10-56-14-18-60-22-26-64-30-31-66-28-24-62-20-16-58-12-8-38(49)45-36(3-5-40(52)53)42(55)46-35(2-4-39(50)51)41(54)44-9-13-59-17-21-63-25-29-67-33-32-65-27-23-61-19-15-57-11-7-37(43)48/h35-36H,2-33H2,1H3,(H2,43,48)(H,44,54)(H,45,49)(H,46,55)(H,50,51)(H,52,53)/t35-,36-/m0/s1. The van der Waals surface area contributed by atoms with Gasteiger partial charge in [0.2, 0.25) is 23.6 Å². The summed E-state index contributed by atoms with van der Waals surface area (Å²) in [6, 6.07) is -2.62. The number of nitrogens with one attached hydrogen (secondary N) is 3. The fourth-order valence-electron chi connectivity index (χ4n) is 4.94. The Labute approximate surface area is 392 Å². The Morgan fingerprint density at radius 1 is 0.388 bits per heavy atom. The van der Waals surface area contributed by atoms with Gasteiger partial charge < -0.3 is 88.7 Å². The topological polar surface area (TPSA) is 333 Å². The molecule has 0 aromatic rings. The zero-order chi connectivity index (χ0) is 49.4. The molecule has 2 atom stereocenters. The highest BCUT2D eigenvalue weighted by atomic mass is 16.6. The number of amides is 4. The fraction of sp³-hybridized carbons (Fsp3) is 0.833. The molecule has 0 aromatic heterocycles. The highest BCUT2D eigenvalue weighted by Crippen LogP contribution is 2.04. The van der Waals surface area contributed by atoms with E-state index in [2.05, 4.69) is 16.0 Å². The number of primary amides is 1. The molecule has 0 saturated carbocycles. The Morgan fingerprint density at radius 2 is 0.687 bits per heavy atom. The van der Waals surface area contributed by atoms with E-state index < -0.39 is 60.5 Å². The summed E-state index contributed by atoms with van der Waals surface area (Å²) in [6.45, 7) is 9.14. The maximum atomic E-state index is 13.2. The van der Waals surface area contributed by atoms with Crippen LogP contribution in [0.4, 0.5) is 0 Å². The van der Waals surface area contributed by atoms with E-state index in [1.54, 1.807) is 0 Å². The van der Waals surface area contributed by atoms with Crippen molar-refractivity contribution >= 4 is 41.4 Å². The van der Waals surface area contributed by atoms with Gasteiger partial charge in [0, 0.05) is 38.6 Å². The summed E-state index contributed by atoms with van der Waals surface area (Å²) >= 11 is 0. The molecule has 0 aliphatic heterocycles. The zero-order valence-electron chi connectivity index (χ0n) is 39.0. The van der Waals surface area contributed by atoms with Gasteiger partial charge in [-0.05, 0) is 19.8 Å². The first-order valence-corrected chi connectivity index (χ1v) is 22.4. The molecule has 0 aromatic carbocycles. The number of carboxylic acid groups (broad SMARTS) is 2. The van der Waals surface area contributed by atoms with Crippen molar-refractivity contribution in [2.45, 2.75) is 64.0 Å². The number of Topliss-reactive ketones (excluding diaryl/α,β-unsaturated/α-hetero) is 1. The predicted molar refractivity (Wildman–Crippen MR) is 234 cm³/mol. The normalized spacial score (nSPS) is 12.1. The zero-order valence-corrected chi connectivity index (χ0v) is 39.0. The highest BCUT2D eigenvalue weighted by Gasteiger charge is 2.27. The number of carbonyl (C=O) groups excluding carboxylic acids is 5. The lowest BCUT2D eigenvalue weighted by atomic mass is 10.1. The first kappa shape index (κ1) is 63.0. The molecule has 0 radical (unpaired) electrons. The quantitative estimate of drug-likeness (QED) is 0.0368. The van der Waals surface area contributed by atoms with Crippen LogP contribution in [0, 0.1) is 0 Å². The smallest absolute Gasteiger partial charge is 0.303 e. The van der Waals surface area contributed by atoms with Gasteiger partial charge in [-0.3, -0.25) is 33.6 Å². The number of carboxylic acids is 2. The molecule has 25 nitrogen and oxygen atoms in total. The Morgan fingerprint density at radius 3 is 1.01 bits per heavy atom. The SMILES string of the molecule is CC(=O)CCOCCOCCOCCOCCOCCOCCC(=O)N[C@@H](CCC(=O)O)C(=O)N[C@@H](CCC(=O)O)C(=O)NCCOCCOCCOCCOCCOCCOCCC(N)=O. The third-order valence-electron chi connectivity index (χ3n) is 8.41. The Balaban J connectivity index is 4.20. The van der Waals surface area contributed by atoms with Gasteiger partial charge in [-0.1, -0.05) is 0 Å². The molecule has 0 spiro atoms. The Hall–Kier alpha value is -3.99. The average molecular weight is 973 g/mol. The molecule has 0 saturated heterocycles. The molecular formula is C42H76N4O21. The van der Waals surface area contributed by atoms with Gasteiger partial charge >= 0.3 is 11.9 Å². The molecule has 67 heavy (non-hydrogen) atoms. The maximum absolute atomic E-state index is 13.2. The third kappa shape index (κ3) is 46.9. The minimum absolute atomic E-state index is 0.0187. The molecule has 4 amide bonds. The number of hydrogen-bond donors (Lipinski definition) is 6. The largest absolute Gasteiger partial charge is 0.481 e. The highest BCUT2D eigenvalue weighted by molar-refractivity contribution is 5.92. The van der Waals surface area contributed by atoms with E-state index in [0.717, 1.165) is 0 Å². The third-order valence-corrected chi connectivity index (χ3v) is 8.41. The molecule has 0 bridgehead atoms. The van der Waals surface area contributed by atoms with Crippen LogP contribution >= 0.6 is 0 Å². The first-order valence-electron chi connectivity index (χ1n) is 22.4. The molecule has 0 rings (SSSR count). The summed E-state index contributed by atoms with van der Waals surface area (Å²) < 4.78 is 64.6. The van der Waals surface area contributed by atoms with Gasteiger partial charge in [0.25, 0.3) is 0 Å². The van der Waals surface area contributed by atoms with E-state index in [4.69, 9.17) is 62.6 Å². The molecular weight excluding hydrogens is 896 g/mol. The molecule has 390 valence electrons. The van der Waals surface area contributed by atoms with Crippen LogP contribution in [0.15, 0.2) is 0 Å². The second-order valence-electron chi connectivity index (χ2n) is 14.1. The summed E-state index contributed by atoms with van der Waals surface area (Å²) in [5.74, 6) is -4.90. The summed E-state index contributed by atoms with van der Waals surface area (Å²) in [5.41, 5.74) is 5.02. The number of aliphatic carboxylic acids is 2. The van der Waals surface area contributed by atoms with Crippen molar-refractivity contribution < 1.29 is 101 Å². The number of hydrogen-bond acceptors (Lipinski definition) is 19. The van der Waals surface area contributed by atoms with Crippen LogP contribution in [0.3, 0.4) is 0 Å². The lowest BCUT2D eigenvalue weighted by Gasteiger charge is -2.23. The second-order valence-corrected chi connectivity index (χ2v) is 14.1. The van der Waals surface area contributed by atoms with E-state index in [1.165, 1.54) is 6.92 Å². The minimum Gasteiger partial charge on any atom is -0.481 e. The average Bonchev–Trinajstić information content (AvgIpc) is 3.28. The molecule has 25 heteroatoms. The maximum Gasteiger partial charge on any atom is 0.303 e. The predicted octanol–water partition coefficient (Wildman–Crippen LogP) is -1.75. The lowest BCUT2D eigenvalue weighted by Crippen LogP contribution is -2.54. The number of rotatable bonds is 52. The Kier molecular flexibility index (Phi) is 44.3. The van der Waals surface area contributed by atoms with Crippen molar-refractivity contribution in [2.75, 3.05) is 165 Å². The summed E-state index contributed by atoms with van der Waals surface area (Å²) in [7, 11) is 0. The molecule has 0 aliphatic rings. The summed E-state index contributed by atoms with van der Waals surface area (Å²) in [4.78, 5) is 82.8. The number of carbonyl (C=O) groups is 7. The van der Waals surface area contributed by atoms with Gasteiger partial charge in [-0.2, -0.15) is 0 Å². The summed E-state index contributed by atoms with van der Waals surface area (Å²) in [5, 5.41) is 25.9. The van der Waals surface area contributed by atoms with E-state index in [-0.39, 0.29) is 84.3 Å². The number of ether oxygens (including phenoxy) is 12. The van der Waals surface area contributed by atoms with Crippen molar-refractivity contribution in [1.82, 2.24) is 16.0 Å². The van der Waals surface area contributed by atoms with Gasteiger partial charge in [0.15, 0.2) is 0 Å². The van der Waals surface area contributed by atoms with Crippen LogP contribution < -0.4 is 21.7 Å². The van der Waals surface area contributed by atoms with Gasteiger partial charge in [-0.25, -0.2) is 0 Å². The van der Waals surface area contributed by atoms with Crippen LogP contribution in [-0.2, 0) is 90.4 Å². The first-order chi connectivity index (χ1) is 32.4. The van der Waals surface area contributed by atoms with Gasteiger partial charge in [0.05, 0.1) is 159 Å². The van der Waals surface area contributed by atoms with E-state index in [1.807, 2.05) is 0 Å². The molecule has 0 heterocycles. The van der Waals surface area contributed by atoms with Crippen molar-refractivity contribution in [2.24, 2.45) is 5.73 Å². The van der Waals surface area contributed by atoms with Crippen LogP contribution in [0.1, 0.15) is 51.9 Å². The van der Waals surface area contributed by atoms with E-state index in [9.17, 15) is 43.8 Å². The van der Waals surface area contributed by atoms with Crippen molar-refractivity contribution in [3.05, 3.63) is 0 Å². The fourth-order valence-corrected chi connectivity index (χ4v) is 4.94. The van der Waals surface area contributed by atoms with E-state index >= 15 is 0 Å².